The van der Waals surface area contributed by atoms with E-state index in [9.17, 15) is 14.7 Å². The molecule has 0 unspecified atom stereocenters. The zero-order valence-corrected chi connectivity index (χ0v) is 11.5. The third-order valence-corrected chi connectivity index (χ3v) is 5.51. The third-order valence-electron chi connectivity index (χ3n) is 5.51. The van der Waals surface area contributed by atoms with Crippen LogP contribution in [0.15, 0.2) is 0 Å². The van der Waals surface area contributed by atoms with E-state index in [1.54, 1.807) is 0 Å². The SMILES string of the molecule is O=C1CC2(CCCCC2)C(=O)N1C1(CO)CCCC1. The van der Waals surface area contributed by atoms with Gasteiger partial charge < -0.3 is 5.11 Å². The first-order valence-electron chi connectivity index (χ1n) is 7.62. The fourth-order valence-electron chi connectivity index (χ4n) is 4.38. The molecule has 3 fully saturated rings. The zero-order valence-electron chi connectivity index (χ0n) is 11.5. The summed E-state index contributed by atoms with van der Waals surface area (Å²) in [6, 6.07) is 0. The molecule has 0 aromatic heterocycles. The first-order chi connectivity index (χ1) is 9.14. The normalized spacial score (nSPS) is 29.4. The summed E-state index contributed by atoms with van der Waals surface area (Å²) in [5, 5.41) is 9.75. The maximum Gasteiger partial charge on any atom is 0.236 e. The molecule has 0 aromatic carbocycles. The first kappa shape index (κ1) is 13.1. The molecule has 106 valence electrons. The lowest BCUT2D eigenvalue weighted by molar-refractivity contribution is -0.151. The molecule has 1 N–H and O–H groups in total. The van der Waals surface area contributed by atoms with E-state index in [0.717, 1.165) is 51.4 Å². The van der Waals surface area contributed by atoms with Gasteiger partial charge in [-0.25, -0.2) is 0 Å². The highest BCUT2D eigenvalue weighted by molar-refractivity contribution is 6.06. The molecular formula is C15H23NO3. The fourth-order valence-corrected chi connectivity index (χ4v) is 4.38. The first-order valence-corrected chi connectivity index (χ1v) is 7.62. The van der Waals surface area contributed by atoms with E-state index in [2.05, 4.69) is 0 Å². The van der Waals surface area contributed by atoms with Crippen LogP contribution in [0, 0.1) is 5.41 Å². The Labute approximate surface area is 114 Å². The van der Waals surface area contributed by atoms with Gasteiger partial charge in [0.25, 0.3) is 0 Å². The minimum absolute atomic E-state index is 0.0214. The Morgan fingerprint density at radius 3 is 2.11 bits per heavy atom. The van der Waals surface area contributed by atoms with Gasteiger partial charge in [-0.3, -0.25) is 14.5 Å². The number of aliphatic hydroxyl groups excluding tert-OH is 1. The zero-order chi connectivity index (χ0) is 13.5. The van der Waals surface area contributed by atoms with Crippen molar-refractivity contribution in [3.05, 3.63) is 0 Å². The van der Waals surface area contributed by atoms with Gasteiger partial charge in [-0.15, -0.1) is 0 Å². The lowest BCUT2D eigenvalue weighted by atomic mass is 9.73. The summed E-state index contributed by atoms with van der Waals surface area (Å²) in [6.45, 7) is -0.0689. The van der Waals surface area contributed by atoms with E-state index in [1.807, 2.05) is 0 Å². The van der Waals surface area contributed by atoms with Crippen LogP contribution in [0.1, 0.15) is 64.2 Å². The molecule has 0 aromatic rings. The topological polar surface area (TPSA) is 57.6 Å². The maximum absolute atomic E-state index is 12.8. The quantitative estimate of drug-likeness (QED) is 0.777. The van der Waals surface area contributed by atoms with Gasteiger partial charge in [0.2, 0.25) is 11.8 Å². The molecule has 1 aliphatic heterocycles. The number of imide groups is 1. The number of aliphatic hydroxyl groups is 1. The minimum atomic E-state index is -0.574. The second-order valence-electron chi connectivity index (χ2n) is 6.64. The predicted octanol–water partition coefficient (Wildman–Crippen LogP) is 2.00. The molecule has 2 amide bonds. The van der Waals surface area contributed by atoms with Crippen LogP contribution in [-0.2, 0) is 9.59 Å². The Kier molecular flexibility index (Phi) is 3.16. The lowest BCUT2D eigenvalue weighted by Gasteiger charge is -2.38. The highest BCUT2D eigenvalue weighted by Gasteiger charge is 2.57. The monoisotopic (exact) mass is 265 g/mol. The van der Waals surface area contributed by atoms with Crippen LogP contribution in [0.3, 0.4) is 0 Å². The average molecular weight is 265 g/mol. The van der Waals surface area contributed by atoms with Gasteiger partial charge >= 0.3 is 0 Å². The number of hydrogen-bond acceptors (Lipinski definition) is 3. The van der Waals surface area contributed by atoms with E-state index in [0.29, 0.717) is 6.42 Å². The van der Waals surface area contributed by atoms with Gasteiger partial charge in [0.05, 0.1) is 17.6 Å². The van der Waals surface area contributed by atoms with Crippen molar-refractivity contribution in [2.75, 3.05) is 6.61 Å². The Bertz CT molecular complexity index is 392. The molecule has 4 nitrogen and oxygen atoms in total. The molecule has 2 saturated carbocycles. The maximum atomic E-state index is 12.8. The van der Waals surface area contributed by atoms with Crippen molar-refractivity contribution in [2.24, 2.45) is 5.41 Å². The standard InChI is InChI=1S/C15H23NO3/c17-11-15(8-4-5-9-15)16-12(18)10-14(13(16)19)6-2-1-3-7-14/h17H,1-11H2. The van der Waals surface area contributed by atoms with Gasteiger partial charge in [0.1, 0.15) is 0 Å². The number of rotatable bonds is 2. The molecule has 4 heteroatoms. The van der Waals surface area contributed by atoms with Gasteiger partial charge in [0, 0.05) is 6.42 Å². The van der Waals surface area contributed by atoms with Gasteiger partial charge in [-0.05, 0) is 25.7 Å². The number of hydrogen-bond donors (Lipinski definition) is 1. The van der Waals surface area contributed by atoms with Gasteiger partial charge in [-0.2, -0.15) is 0 Å². The molecule has 3 aliphatic rings. The van der Waals surface area contributed by atoms with Crippen molar-refractivity contribution < 1.29 is 14.7 Å². The third kappa shape index (κ3) is 1.83. The number of nitrogens with zero attached hydrogens (tertiary/aromatic N) is 1. The van der Waals surface area contributed by atoms with Crippen LogP contribution in [-0.4, -0.2) is 34.0 Å². The van der Waals surface area contributed by atoms with Crippen molar-refractivity contribution in [1.82, 2.24) is 4.90 Å². The van der Waals surface area contributed by atoms with Gasteiger partial charge in [0.15, 0.2) is 0 Å². The summed E-state index contributed by atoms with van der Waals surface area (Å²) in [4.78, 5) is 26.7. The van der Waals surface area contributed by atoms with Crippen LogP contribution in [0.2, 0.25) is 0 Å². The molecule has 3 rings (SSSR count). The summed E-state index contributed by atoms with van der Waals surface area (Å²) in [7, 11) is 0. The average Bonchev–Trinajstić information content (AvgIpc) is 2.97. The molecular weight excluding hydrogens is 242 g/mol. The molecule has 19 heavy (non-hydrogen) atoms. The second kappa shape index (κ2) is 4.58. The summed E-state index contributed by atoms with van der Waals surface area (Å²) in [5.74, 6) is -0.0176. The lowest BCUT2D eigenvalue weighted by Crippen LogP contribution is -2.54. The number of carbonyl (C=O) groups excluding carboxylic acids is 2. The van der Waals surface area contributed by atoms with Crippen LogP contribution >= 0.6 is 0 Å². The van der Waals surface area contributed by atoms with E-state index < -0.39 is 11.0 Å². The smallest absolute Gasteiger partial charge is 0.236 e. The number of amides is 2. The molecule has 0 radical (unpaired) electrons. The summed E-state index contributed by atoms with van der Waals surface area (Å²) < 4.78 is 0. The number of carbonyl (C=O) groups is 2. The highest BCUT2D eigenvalue weighted by atomic mass is 16.3. The van der Waals surface area contributed by atoms with Crippen LogP contribution in [0.5, 0.6) is 0 Å². The minimum Gasteiger partial charge on any atom is -0.394 e. The van der Waals surface area contributed by atoms with Crippen molar-refractivity contribution in [3.8, 4) is 0 Å². The van der Waals surface area contributed by atoms with Crippen LogP contribution in [0.25, 0.3) is 0 Å². The predicted molar refractivity (Wildman–Crippen MR) is 70.3 cm³/mol. The molecule has 1 saturated heterocycles. The molecule has 1 spiro atoms. The van der Waals surface area contributed by atoms with E-state index in [-0.39, 0.29) is 18.4 Å². The number of likely N-dealkylation sites (tertiary alicyclic amines) is 1. The van der Waals surface area contributed by atoms with Crippen molar-refractivity contribution >= 4 is 11.8 Å². The van der Waals surface area contributed by atoms with E-state index >= 15 is 0 Å². The van der Waals surface area contributed by atoms with Crippen molar-refractivity contribution in [3.63, 3.8) is 0 Å². The largest absolute Gasteiger partial charge is 0.394 e. The van der Waals surface area contributed by atoms with Crippen LogP contribution < -0.4 is 0 Å². The molecule has 0 atom stereocenters. The van der Waals surface area contributed by atoms with Crippen molar-refractivity contribution in [2.45, 2.75) is 69.7 Å². The fraction of sp³-hybridized carbons (Fsp3) is 0.867. The van der Waals surface area contributed by atoms with E-state index in [1.165, 1.54) is 11.3 Å². The summed E-state index contributed by atoms with van der Waals surface area (Å²) in [6.07, 6.45) is 8.94. The highest BCUT2D eigenvalue weighted by Crippen LogP contribution is 2.49. The Morgan fingerprint density at radius 1 is 0.947 bits per heavy atom. The summed E-state index contributed by atoms with van der Waals surface area (Å²) >= 11 is 0. The summed E-state index contributed by atoms with van der Waals surface area (Å²) in [5.41, 5.74) is -0.991. The molecule has 1 heterocycles. The molecule has 2 aliphatic carbocycles. The van der Waals surface area contributed by atoms with Gasteiger partial charge in [-0.1, -0.05) is 32.1 Å². The van der Waals surface area contributed by atoms with E-state index in [4.69, 9.17) is 0 Å². The Balaban J connectivity index is 1.90. The second-order valence-corrected chi connectivity index (χ2v) is 6.64. The Morgan fingerprint density at radius 2 is 1.53 bits per heavy atom. The molecule has 0 bridgehead atoms. The van der Waals surface area contributed by atoms with Crippen LogP contribution in [0.4, 0.5) is 0 Å². The van der Waals surface area contributed by atoms with Crippen molar-refractivity contribution in [1.29, 1.82) is 0 Å². The Hall–Kier alpha value is -0.900.